The molecule has 0 aromatic heterocycles. The van der Waals surface area contributed by atoms with Crippen LogP contribution in [0.4, 0.5) is 0 Å². The molecule has 2 nitrogen and oxygen atoms in total. The average molecular weight is 175 g/mol. The van der Waals surface area contributed by atoms with Gasteiger partial charge in [0.1, 0.15) is 5.75 Å². The van der Waals surface area contributed by atoms with Crippen LogP contribution >= 0.6 is 0 Å². The first-order chi connectivity index (χ1) is 6.26. The Balaban J connectivity index is 2.65. The van der Waals surface area contributed by atoms with Gasteiger partial charge in [0.15, 0.2) is 0 Å². The van der Waals surface area contributed by atoms with Crippen molar-refractivity contribution in [3.05, 3.63) is 29.8 Å². The van der Waals surface area contributed by atoms with E-state index >= 15 is 0 Å². The van der Waals surface area contributed by atoms with Gasteiger partial charge in [0.05, 0.1) is 13.2 Å². The lowest BCUT2D eigenvalue weighted by molar-refractivity contribution is 0.414. The summed E-state index contributed by atoms with van der Waals surface area (Å²) >= 11 is 0. The standard InChI is InChI=1S/C11H13NO/c1-9(8-12)7-10-3-5-11(13-2)6-4-10/h3-6,9H,7H2,1-2H3. The van der Waals surface area contributed by atoms with Gasteiger partial charge in [-0.05, 0) is 31.0 Å². The number of nitrogens with zero attached hydrogens (tertiary/aromatic N) is 1. The molecule has 68 valence electrons. The molecule has 1 unspecified atom stereocenters. The van der Waals surface area contributed by atoms with Crippen LogP contribution < -0.4 is 4.74 Å². The first-order valence-electron chi connectivity index (χ1n) is 4.29. The van der Waals surface area contributed by atoms with Crippen LogP contribution in [0.15, 0.2) is 24.3 Å². The van der Waals surface area contributed by atoms with Crippen molar-refractivity contribution in [3.63, 3.8) is 0 Å². The van der Waals surface area contributed by atoms with Crippen molar-refractivity contribution in [3.8, 4) is 11.8 Å². The van der Waals surface area contributed by atoms with E-state index in [1.54, 1.807) is 7.11 Å². The van der Waals surface area contributed by atoms with E-state index in [1.165, 1.54) is 5.56 Å². The Hall–Kier alpha value is -1.49. The van der Waals surface area contributed by atoms with Crippen LogP contribution in [0.5, 0.6) is 5.75 Å². The maximum absolute atomic E-state index is 8.62. The zero-order valence-corrected chi connectivity index (χ0v) is 7.95. The summed E-state index contributed by atoms with van der Waals surface area (Å²) < 4.78 is 5.04. The zero-order valence-electron chi connectivity index (χ0n) is 7.95. The lowest BCUT2D eigenvalue weighted by Crippen LogP contribution is -1.95. The second-order valence-corrected chi connectivity index (χ2v) is 3.08. The summed E-state index contributed by atoms with van der Waals surface area (Å²) in [6, 6.07) is 10.0. The average Bonchev–Trinajstić information content (AvgIpc) is 2.19. The molecule has 2 heteroatoms. The summed E-state index contributed by atoms with van der Waals surface area (Å²) in [7, 11) is 1.65. The molecule has 0 spiro atoms. The smallest absolute Gasteiger partial charge is 0.118 e. The van der Waals surface area contributed by atoms with Crippen LogP contribution in [0.2, 0.25) is 0 Å². The lowest BCUT2D eigenvalue weighted by atomic mass is 10.0. The van der Waals surface area contributed by atoms with Gasteiger partial charge >= 0.3 is 0 Å². The summed E-state index contributed by atoms with van der Waals surface area (Å²) in [6.07, 6.45) is 0.806. The van der Waals surface area contributed by atoms with Crippen LogP contribution in [0.25, 0.3) is 0 Å². The van der Waals surface area contributed by atoms with Crippen molar-refractivity contribution < 1.29 is 4.74 Å². The Morgan fingerprint density at radius 1 is 1.38 bits per heavy atom. The molecule has 0 aliphatic heterocycles. The van der Waals surface area contributed by atoms with E-state index in [0.717, 1.165) is 12.2 Å². The number of hydrogen-bond donors (Lipinski definition) is 0. The Labute approximate surface area is 78.8 Å². The fraction of sp³-hybridized carbons (Fsp3) is 0.364. The molecule has 0 saturated carbocycles. The van der Waals surface area contributed by atoms with Crippen molar-refractivity contribution >= 4 is 0 Å². The molecule has 0 fully saturated rings. The molecule has 1 atom stereocenters. The monoisotopic (exact) mass is 175 g/mol. The first kappa shape index (κ1) is 9.60. The molecule has 1 aromatic rings. The van der Waals surface area contributed by atoms with Crippen molar-refractivity contribution in [1.29, 1.82) is 5.26 Å². The molecule has 0 radical (unpaired) electrons. The molecular formula is C11H13NO. The van der Waals surface area contributed by atoms with E-state index in [4.69, 9.17) is 10.00 Å². The third-order valence-corrected chi connectivity index (χ3v) is 1.92. The number of ether oxygens (including phenoxy) is 1. The van der Waals surface area contributed by atoms with Crippen LogP contribution in [-0.2, 0) is 6.42 Å². The Bertz CT molecular complexity index is 297. The number of hydrogen-bond acceptors (Lipinski definition) is 2. The normalized spacial score (nSPS) is 11.8. The maximum atomic E-state index is 8.62. The molecule has 0 bridgehead atoms. The van der Waals surface area contributed by atoms with Gasteiger partial charge in [-0.3, -0.25) is 0 Å². The van der Waals surface area contributed by atoms with E-state index in [0.29, 0.717) is 0 Å². The molecule has 0 aliphatic rings. The highest BCUT2D eigenvalue weighted by Crippen LogP contribution is 2.13. The topological polar surface area (TPSA) is 33.0 Å². The summed E-state index contributed by atoms with van der Waals surface area (Å²) in [4.78, 5) is 0. The molecule has 0 heterocycles. The van der Waals surface area contributed by atoms with E-state index in [2.05, 4.69) is 6.07 Å². The van der Waals surface area contributed by atoms with Crippen LogP contribution in [-0.4, -0.2) is 7.11 Å². The van der Waals surface area contributed by atoms with Gasteiger partial charge in [0, 0.05) is 5.92 Å². The second kappa shape index (κ2) is 4.51. The maximum Gasteiger partial charge on any atom is 0.118 e. The highest BCUT2D eigenvalue weighted by Gasteiger charge is 2.01. The minimum atomic E-state index is 0.0772. The Morgan fingerprint density at radius 3 is 2.46 bits per heavy atom. The Morgan fingerprint density at radius 2 is 2.00 bits per heavy atom. The molecule has 0 N–H and O–H groups in total. The number of rotatable bonds is 3. The summed E-state index contributed by atoms with van der Waals surface area (Å²) in [5.41, 5.74) is 1.18. The highest BCUT2D eigenvalue weighted by molar-refractivity contribution is 5.27. The van der Waals surface area contributed by atoms with Crippen molar-refractivity contribution in [2.24, 2.45) is 5.92 Å². The van der Waals surface area contributed by atoms with Crippen LogP contribution in [0, 0.1) is 17.2 Å². The first-order valence-corrected chi connectivity index (χ1v) is 4.29. The fourth-order valence-corrected chi connectivity index (χ4v) is 1.16. The van der Waals surface area contributed by atoms with Gasteiger partial charge < -0.3 is 4.74 Å². The van der Waals surface area contributed by atoms with Gasteiger partial charge in [0.2, 0.25) is 0 Å². The molecule has 1 rings (SSSR count). The van der Waals surface area contributed by atoms with Crippen LogP contribution in [0.1, 0.15) is 12.5 Å². The van der Waals surface area contributed by atoms with E-state index < -0.39 is 0 Å². The minimum absolute atomic E-state index is 0.0772. The zero-order chi connectivity index (χ0) is 9.68. The second-order valence-electron chi connectivity index (χ2n) is 3.08. The third-order valence-electron chi connectivity index (χ3n) is 1.92. The summed E-state index contributed by atoms with van der Waals surface area (Å²) in [5, 5.41) is 8.62. The van der Waals surface area contributed by atoms with Crippen molar-refractivity contribution in [2.45, 2.75) is 13.3 Å². The van der Waals surface area contributed by atoms with Gasteiger partial charge in [-0.25, -0.2) is 0 Å². The van der Waals surface area contributed by atoms with Gasteiger partial charge in [0.25, 0.3) is 0 Å². The molecule has 0 saturated heterocycles. The molecule has 0 aliphatic carbocycles. The fourth-order valence-electron chi connectivity index (χ4n) is 1.16. The number of methoxy groups -OCH3 is 1. The van der Waals surface area contributed by atoms with Crippen molar-refractivity contribution in [2.75, 3.05) is 7.11 Å². The minimum Gasteiger partial charge on any atom is -0.497 e. The Kier molecular flexibility index (Phi) is 3.33. The molecule has 0 amide bonds. The summed E-state index contributed by atoms with van der Waals surface area (Å²) in [6.45, 7) is 1.92. The predicted octanol–water partition coefficient (Wildman–Crippen LogP) is 2.40. The predicted molar refractivity (Wildman–Crippen MR) is 51.5 cm³/mol. The third kappa shape index (κ3) is 2.79. The van der Waals surface area contributed by atoms with Gasteiger partial charge in [-0.1, -0.05) is 12.1 Å². The lowest BCUT2D eigenvalue weighted by Gasteiger charge is -2.03. The number of nitriles is 1. The molecule has 1 aromatic carbocycles. The van der Waals surface area contributed by atoms with E-state index in [1.807, 2.05) is 31.2 Å². The van der Waals surface area contributed by atoms with Gasteiger partial charge in [-0.2, -0.15) is 5.26 Å². The van der Waals surface area contributed by atoms with E-state index in [9.17, 15) is 0 Å². The van der Waals surface area contributed by atoms with Crippen LogP contribution in [0.3, 0.4) is 0 Å². The summed E-state index contributed by atoms with van der Waals surface area (Å²) in [5.74, 6) is 0.932. The largest absolute Gasteiger partial charge is 0.497 e. The quantitative estimate of drug-likeness (QED) is 0.706. The number of benzene rings is 1. The van der Waals surface area contributed by atoms with Crippen molar-refractivity contribution in [1.82, 2.24) is 0 Å². The molecule has 13 heavy (non-hydrogen) atoms. The van der Waals surface area contributed by atoms with Gasteiger partial charge in [-0.15, -0.1) is 0 Å². The van der Waals surface area contributed by atoms with E-state index in [-0.39, 0.29) is 5.92 Å². The SMILES string of the molecule is COc1ccc(CC(C)C#N)cc1. The molecular weight excluding hydrogens is 162 g/mol. The highest BCUT2D eigenvalue weighted by atomic mass is 16.5.